The summed E-state index contributed by atoms with van der Waals surface area (Å²) in [5.74, 6) is 0.442. The summed E-state index contributed by atoms with van der Waals surface area (Å²) in [6.07, 6.45) is 4.42. The van der Waals surface area contributed by atoms with E-state index >= 15 is 0 Å². The molecule has 0 radical (unpaired) electrons. The fourth-order valence-corrected chi connectivity index (χ4v) is 5.03. The van der Waals surface area contributed by atoms with Gasteiger partial charge in [0.25, 0.3) is 0 Å². The Morgan fingerprint density at radius 1 is 1.03 bits per heavy atom. The number of rotatable bonds is 7. The molecule has 2 heterocycles. The zero-order valence-electron chi connectivity index (χ0n) is 17.7. The van der Waals surface area contributed by atoms with E-state index < -0.39 is 0 Å². The quantitative estimate of drug-likeness (QED) is 0.538. The van der Waals surface area contributed by atoms with Gasteiger partial charge in [-0.15, -0.1) is 11.3 Å². The number of nitrogens with zero attached hydrogens (tertiary/aromatic N) is 2. The smallest absolute Gasteiger partial charge is 0.338 e. The number of carbonyl (C=O) groups is 2. The molecule has 0 saturated carbocycles. The van der Waals surface area contributed by atoms with Crippen LogP contribution in [0.2, 0.25) is 0 Å². The standard InChI is InChI=1S/C23H25N3O4S/c1-3-29-19(27)13-18-25-21(20-16-7-5-6-8-17(16)31-22(20)26-18)24-15-11-9-14(10-12-15)23(28)30-4-2/h9-12H,3-8,13H2,1-2H3,(H,24,25,26). The molecule has 1 aliphatic carbocycles. The minimum Gasteiger partial charge on any atom is -0.466 e. The van der Waals surface area contributed by atoms with Gasteiger partial charge in [0, 0.05) is 10.6 Å². The lowest BCUT2D eigenvalue weighted by Gasteiger charge is -2.13. The number of ether oxygens (including phenoxy) is 2. The summed E-state index contributed by atoms with van der Waals surface area (Å²) in [4.78, 5) is 35.5. The Kier molecular flexibility index (Phi) is 6.46. The Hall–Kier alpha value is -3.00. The minimum atomic E-state index is -0.345. The summed E-state index contributed by atoms with van der Waals surface area (Å²) in [5.41, 5.74) is 2.60. The molecule has 0 unspecified atom stereocenters. The van der Waals surface area contributed by atoms with E-state index in [2.05, 4.69) is 15.3 Å². The number of benzene rings is 1. The average molecular weight is 440 g/mol. The monoisotopic (exact) mass is 439 g/mol. The third-order valence-electron chi connectivity index (χ3n) is 5.13. The molecule has 8 heteroatoms. The first-order chi connectivity index (χ1) is 15.1. The summed E-state index contributed by atoms with van der Waals surface area (Å²) in [7, 11) is 0. The van der Waals surface area contributed by atoms with Crippen molar-refractivity contribution in [2.45, 2.75) is 46.0 Å². The second-order valence-electron chi connectivity index (χ2n) is 7.28. The first-order valence-electron chi connectivity index (χ1n) is 10.6. The van der Waals surface area contributed by atoms with Crippen LogP contribution in [-0.4, -0.2) is 35.1 Å². The summed E-state index contributed by atoms with van der Waals surface area (Å²) >= 11 is 1.69. The number of carbonyl (C=O) groups excluding carboxylic acids is 2. The summed E-state index contributed by atoms with van der Waals surface area (Å²) in [6, 6.07) is 7.09. The Morgan fingerprint density at radius 2 is 1.77 bits per heavy atom. The predicted molar refractivity (Wildman–Crippen MR) is 120 cm³/mol. The third kappa shape index (κ3) is 4.69. The lowest BCUT2D eigenvalue weighted by molar-refractivity contribution is -0.142. The molecule has 7 nitrogen and oxygen atoms in total. The van der Waals surface area contributed by atoms with E-state index in [9.17, 15) is 9.59 Å². The van der Waals surface area contributed by atoms with Gasteiger partial charge in [-0.2, -0.15) is 0 Å². The van der Waals surface area contributed by atoms with Crippen molar-refractivity contribution in [3.63, 3.8) is 0 Å². The number of thiophene rings is 1. The molecule has 1 aliphatic rings. The maximum atomic E-state index is 12.0. The van der Waals surface area contributed by atoms with Gasteiger partial charge in [-0.1, -0.05) is 0 Å². The van der Waals surface area contributed by atoms with E-state index in [0.29, 0.717) is 30.4 Å². The molecule has 1 aromatic carbocycles. The van der Waals surface area contributed by atoms with Crippen molar-refractivity contribution in [2.24, 2.45) is 0 Å². The molecule has 0 fully saturated rings. The van der Waals surface area contributed by atoms with E-state index in [1.807, 2.05) is 12.1 Å². The Bertz CT molecular complexity index is 1110. The molecule has 3 aromatic rings. The van der Waals surface area contributed by atoms with Gasteiger partial charge in [0.2, 0.25) is 0 Å². The largest absolute Gasteiger partial charge is 0.466 e. The predicted octanol–water partition coefficient (Wildman–Crippen LogP) is 4.60. The number of hydrogen-bond donors (Lipinski definition) is 1. The zero-order valence-corrected chi connectivity index (χ0v) is 18.5. The minimum absolute atomic E-state index is 0.0306. The van der Waals surface area contributed by atoms with Crippen molar-refractivity contribution in [1.29, 1.82) is 0 Å². The second kappa shape index (κ2) is 9.43. The van der Waals surface area contributed by atoms with Crippen LogP contribution < -0.4 is 5.32 Å². The number of nitrogens with one attached hydrogen (secondary N) is 1. The van der Waals surface area contributed by atoms with Crippen molar-refractivity contribution in [3.05, 3.63) is 46.1 Å². The molecule has 2 aromatic heterocycles. The first kappa shape index (κ1) is 21.2. The molecule has 0 aliphatic heterocycles. The SMILES string of the molecule is CCOC(=O)Cc1nc(Nc2ccc(C(=O)OCC)cc2)c2c3c(sc2n1)CCCC3. The molecule has 4 rings (SSSR count). The van der Waals surface area contributed by atoms with Gasteiger partial charge in [0.15, 0.2) is 0 Å². The van der Waals surface area contributed by atoms with E-state index in [1.165, 1.54) is 16.9 Å². The molecule has 0 atom stereocenters. The fourth-order valence-electron chi connectivity index (χ4n) is 3.75. The van der Waals surface area contributed by atoms with Gasteiger partial charge in [0.05, 0.1) is 24.2 Å². The van der Waals surface area contributed by atoms with Gasteiger partial charge >= 0.3 is 11.9 Å². The van der Waals surface area contributed by atoms with Crippen molar-refractivity contribution >= 4 is 45.0 Å². The van der Waals surface area contributed by atoms with Crippen LogP contribution in [-0.2, 0) is 33.5 Å². The van der Waals surface area contributed by atoms with Crippen LogP contribution in [0.15, 0.2) is 24.3 Å². The normalized spacial score (nSPS) is 13.0. The average Bonchev–Trinajstić information content (AvgIpc) is 3.13. The number of esters is 2. The summed E-state index contributed by atoms with van der Waals surface area (Å²) < 4.78 is 10.1. The highest BCUT2D eigenvalue weighted by Crippen LogP contribution is 2.39. The molecule has 0 spiro atoms. The maximum Gasteiger partial charge on any atom is 0.338 e. The van der Waals surface area contributed by atoms with Gasteiger partial charge in [-0.05, 0) is 69.4 Å². The molecule has 0 bridgehead atoms. The highest BCUT2D eigenvalue weighted by Gasteiger charge is 2.22. The molecule has 31 heavy (non-hydrogen) atoms. The van der Waals surface area contributed by atoms with Crippen LogP contribution in [0.1, 0.15) is 53.3 Å². The van der Waals surface area contributed by atoms with Crippen LogP contribution in [0.4, 0.5) is 11.5 Å². The zero-order chi connectivity index (χ0) is 21.8. The lowest BCUT2D eigenvalue weighted by Crippen LogP contribution is -2.11. The Labute approximate surface area is 184 Å². The van der Waals surface area contributed by atoms with Crippen LogP contribution >= 0.6 is 11.3 Å². The molecule has 162 valence electrons. The molecule has 0 amide bonds. The van der Waals surface area contributed by atoms with Gasteiger partial charge < -0.3 is 14.8 Å². The number of anilines is 2. The van der Waals surface area contributed by atoms with Crippen LogP contribution in [0.3, 0.4) is 0 Å². The summed E-state index contributed by atoms with van der Waals surface area (Å²) in [5, 5.41) is 4.41. The van der Waals surface area contributed by atoms with E-state index in [0.717, 1.165) is 35.2 Å². The molecule has 1 N–H and O–H groups in total. The van der Waals surface area contributed by atoms with Gasteiger partial charge in [-0.3, -0.25) is 4.79 Å². The van der Waals surface area contributed by atoms with E-state index in [-0.39, 0.29) is 18.4 Å². The van der Waals surface area contributed by atoms with Crippen molar-refractivity contribution in [3.8, 4) is 0 Å². The van der Waals surface area contributed by atoms with Crippen LogP contribution in [0, 0.1) is 0 Å². The first-order valence-corrected chi connectivity index (χ1v) is 11.4. The second-order valence-corrected chi connectivity index (χ2v) is 8.37. The van der Waals surface area contributed by atoms with Crippen molar-refractivity contribution in [2.75, 3.05) is 18.5 Å². The molecular formula is C23H25N3O4S. The van der Waals surface area contributed by atoms with Crippen molar-refractivity contribution in [1.82, 2.24) is 9.97 Å². The third-order valence-corrected chi connectivity index (χ3v) is 6.31. The fraction of sp³-hybridized carbons (Fsp3) is 0.391. The highest BCUT2D eigenvalue weighted by molar-refractivity contribution is 7.19. The van der Waals surface area contributed by atoms with E-state index in [1.54, 1.807) is 37.3 Å². The lowest BCUT2D eigenvalue weighted by atomic mass is 9.97. The Morgan fingerprint density at radius 3 is 2.52 bits per heavy atom. The molecular weight excluding hydrogens is 414 g/mol. The van der Waals surface area contributed by atoms with Crippen LogP contribution in [0.25, 0.3) is 10.2 Å². The number of fused-ring (bicyclic) bond motifs is 3. The number of hydrogen-bond acceptors (Lipinski definition) is 8. The number of aromatic nitrogens is 2. The van der Waals surface area contributed by atoms with E-state index in [4.69, 9.17) is 9.47 Å². The van der Waals surface area contributed by atoms with Gasteiger partial charge in [0.1, 0.15) is 22.9 Å². The topological polar surface area (TPSA) is 90.4 Å². The Balaban J connectivity index is 1.69. The molecule has 0 saturated heterocycles. The summed E-state index contributed by atoms with van der Waals surface area (Å²) in [6.45, 7) is 4.22. The van der Waals surface area contributed by atoms with Crippen LogP contribution in [0.5, 0.6) is 0 Å². The number of aryl methyl sites for hydroxylation is 2. The maximum absolute atomic E-state index is 12.0. The van der Waals surface area contributed by atoms with Gasteiger partial charge in [-0.25, -0.2) is 14.8 Å². The highest BCUT2D eigenvalue weighted by atomic mass is 32.1. The van der Waals surface area contributed by atoms with Crippen molar-refractivity contribution < 1.29 is 19.1 Å².